The fourth-order valence-corrected chi connectivity index (χ4v) is 2.22. The normalized spacial score (nSPS) is 10.7. The quantitative estimate of drug-likeness (QED) is 0.829. The maximum Gasteiger partial charge on any atom is 0.133 e. The van der Waals surface area contributed by atoms with Gasteiger partial charge in [-0.2, -0.15) is 5.10 Å². The van der Waals surface area contributed by atoms with E-state index in [1.165, 1.54) is 0 Å². The lowest BCUT2D eigenvalue weighted by Gasteiger charge is -2.02. The van der Waals surface area contributed by atoms with Crippen molar-refractivity contribution in [3.05, 3.63) is 45.7 Å². The van der Waals surface area contributed by atoms with Crippen molar-refractivity contribution in [1.82, 2.24) is 9.78 Å². The first-order valence-electron chi connectivity index (χ1n) is 5.21. The molecule has 0 fully saturated rings. The molecule has 0 atom stereocenters. The van der Waals surface area contributed by atoms with Gasteiger partial charge in [0.15, 0.2) is 0 Å². The number of halogens is 2. The number of benzene rings is 1. The summed E-state index contributed by atoms with van der Waals surface area (Å²) in [5, 5.41) is 5.13. The Kier molecular flexibility index (Phi) is 3.66. The third kappa shape index (κ3) is 2.47. The van der Waals surface area contributed by atoms with E-state index in [1.54, 1.807) is 4.68 Å². The summed E-state index contributed by atoms with van der Waals surface area (Å²) < 4.78 is 2.78. The van der Waals surface area contributed by atoms with Gasteiger partial charge in [0.25, 0.3) is 0 Å². The monoisotopic (exact) mass is 298 g/mol. The van der Waals surface area contributed by atoms with Gasteiger partial charge in [0.2, 0.25) is 0 Å². The van der Waals surface area contributed by atoms with Crippen molar-refractivity contribution in [2.24, 2.45) is 0 Å². The molecular weight excluding hydrogens is 288 g/mol. The Bertz CT molecular complexity index is 494. The number of rotatable bonds is 3. The van der Waals surface area contributed by atoms with Gasteiger partial charge < -0.3 is 0 Å². The van der Waals surface area contributed by atoms with Gasteiger partial charge in [-0.25, -0.2) is 4.68 Å². The zero-order chi connectivity index (χ0) is 11.5. The summed E-state index contributed by atoms with van der Waals surface area (Å²) in [5.41, 5.74) is 2.01. The van der Waals surface area contributed by atoms with Crippen LogP contribution >= 0.6 is 27.5 Å². The summed E-state index contributed by atoms with van der Waals surface area (Å²) in [4.78, 5) is 0. The molecule has 0 radical (unpaired) electrons. The highest BCUT2D eigenvalue weighted by atomic mass is 79.9. The molecule has 4 heteroatoms. The van der Waals surface area contributed by atoms with E-state index in [0.717, 1.165) is 28.7 Å². The van der Waals surface area contributed by atoms with Crippen molar-refractivity contribution in [2.45, 2.75) is 19.8 Å². The second-order valence-corrected chi connectivity index (χ2v) is 4.90. The van der Waals surface area contributed by atoms with Crippen molar-refractivity contribution in [3.8, 4) is 5.69 Å². The molecular formula is C12H12BrClN2. The second-order valence-electron chi connectivity index (χ2n) is 3.60. The van der Waals surface area contributed by atoms with Crippen molar-refractivity contribution >= 4 is 27.5 Å². The molecule has 0 aliphatic rings. The summed E-state index contributed by atoms with van der Waals surface area (Å²) in [5.74, 6) is 0. The van der Waals surface area contributed by atoms with Crippen LogP contribution in [0.4, 0.5) is 0 Å². The molecule has 1 aromatic heterocycles. The SMILES string of the molecule is CCCc1cc(Cl)n(-c2cccc(Br)c2)n1. The van der Waals surface area contributed by atoms with E-state index < -0.39 is 0 Å². The highest BCUT2D eigenvalue weighted by molar-refractivity contribution is 9.10. The molecule has 0 spiro atoms. The topological polar surface area (TPSA) is 17.8 Å². The molecule has 0 unspecified atom stereocenters. The average molecular weight is 300 g/mol. The molecule has 0 bridgehead atoms. The van der Waals surface area contributed by atoms with Crippen LogP contribution in [-0.4, -0.2) is 9.78 Å². The Hall–Kier alpha value is -0.800. The van der Waals surface area contributed by atoms with E-state index in [1.807, 2.05) is 30.3 Å². The smallest absolute Gasteiger partial charge is 0.133 e. The van der Waals surface area contributed by atoms with E-state index in [9.17, 15) is 0 Å². The van der Waals surface area contributed by atoms with Gasteiger partial charge >= 0.3 is 0 Å². The number of aryl methyl sites for hydroxylation is 1. The predicted molar refractivity (Wildman–Crippen MR) is 70.3 cm³/mol. The van der Waals surface area contributed by atoms with E-state index >= 15 is 0 Å². The molecule has 0 N–H and O–H groups in total. The molecule has 0 saturated heterocycles. The zero-order valence-corrected chi connectivity index (χ0v) is 11.3. The van der Waals surface area contributed by atoms with Crippen LogP contribution in [0.5, 0.6) is 0 Å². The Morgan fingerprint density at radius 1 is 1.38 bits per heavy atom. The van der Waals surface area contributed by atoms with Crippen molar-refractivity contribution in [2.75, 3.05) is 0 Å². The zero-order valence-electron chi connectivity index (χ0n) is 8.95. The summed E-state index contributed by atoms with van der Waals surface area (Å²) in [6.45, 7) is 2.13. The fourth-order valence-electron chi connectivity index (χ4n) is 1.57. The fraction of sp³-hybridized carbons (Fsp3) is 0.250. The maximum atomic E-state index is 6.15. The first kappa shape index (κ1) is 11.7. The highest BCUT2D eigenvalue weighted by Crippen LogP contribution is 2.20. The Labute approximate surface area is 108 Å². The Morgan fingerprint density at radius 2 is 2.19 bits per heavy atom. The first-order valence-corrected chi connectivity index (χ1v) is 6.38. The second kappa shape index (κ2) is 5.02. The largest absolute Gasteiger partial charge is 0.222 e. The average Bonchev–Trinajstić information content (AvgIpc) is 2.60. The molecule has 0 saturated carbocycles. The minimum Gasteiger partial charge on any atom is -0.222 e. The van der Waals surface area contributed by atoms with Crippen LogP contribution in [0.25, 0.3) is 5.69 Å². The third-order valence-electron chi connectivity index (χ3n) is 2.28. The van der Waals surface area contributed by atoms with Gasteiger partial charge in [-0.1, -0.05) is 46.9 Å². The predicted octanol–water partition coefficient (Wildman–Crippen LogP) is 4.24. The van der Waals surface area contributed by atoms with Crippen molar-refractivity contribution < 1.29 is 0 Å². The first-order chi connectivity index (χ1) is 7.70. The highest BCUT2D eigenvalue weighted by Gasteiger charge is 2.07. The lowest BCUT2D eigenvalue weighted by molar-refractivity contribution is 0.807. The lowest BCUT2D eigenvalue weighted by atomic mass is 10.3. The van der Waals surface area contributed by atoms with Gasteiger partial charge in [-0.3, -0.25) is 0 Å². The minimum atomic E-state index is 0.654. The van der Waals surface area contributed by atoms with E-state index in [0.29, 0.717) is 5.15 Å². The third-order valence-corrected chi connectivity index (χ3v) is 3.04. The van der Waals surface area contributed by atoms with Crippen LogP contribution in [0.15, 0.2) is 34.8 Å². The minimum absolute atomic E-state index is 0.654. The maximum absolute atomic E-state index is 6.15. The van der Waals surface area contributed by atoms with Crippen LogP contribution in [0.2, 0.25) is 5.15 Å². The summed E-state index contributed by atoms with van der Waals surface area (Å²) >= 11 is 9.59. The van der Waals surface area contributed by atoms with Crippen LogP contribution in [0, 0.1) is 0 Å². The number of aromatic nitrogens is 2. The molecule has 2 nitrogen and oxygen atoms in total. The van der Waals surface area contributed by atoms with Crippen LogP contribution in [-0.2, 0) is 6.42 Å². The van der Waals surface area contributed by atoms with Crippen molar-refractivity contribution in [1.29, 1.82) is 0 Å². The van der Waals surface area contributed by atoms with E-state index in [4.69, 9.17) is 11.6 Å². The van der Waals surface area contributed by atoms with Crippen LogP contribution < -0.4 is 0 Å². The van der Waals surface area contributed by atoms with Crippen LogP contribution in [0.1, 0.15) is 19.0 Å². The van der Waals surface area contributed by atoms with E-state index in [-0.39, 0.29) is 0 Å². The van der Waals surface area contributed by atoms with Crippen LogP contribution in [0.3, 0.4) is 0 Å². The molecule has 0 aliphatic heterocycles. The summed E-state index contributed by atoms with van der Waals surface area (Å²) in [6.07, 6.45) is 2.03. The molecule has 2 aromatic rings. The molecule has 0 amide bonds. The van der Waals surface area contributed by atoms with Gasteiger partial charge in [0.1, 0.15) is 5.15 Å². The molecule has 2 rings (SSSR count). The van der Waals surface area contributed by atoms with E-state index in [2.05, 4.69) is 28.0 Å². The molecule has 84 valence electrons. The van der Waals surface area contributed by atoms with Crippen molar-refractivity contribution in [3.63, 3.8) is 0 Å². The molecule has 1 aromatic carbocycles. The summed E-state index contributed by atoms with van der Waals surface area (Å²) in [6, 6.07) is 9.85. The van der Waals surface area contributed by atoms with Gasteiger partial charge in [0, 0.05) is 4.47 Å². The molecule has 16 heavy (non-hydrogen) atoms. The molecule has 1 heterocycles. The Balaban J connectivity index is 2.40. The standard InChI is InChI=1S/C12H12BrClN2/c1-2-4-10-8-12(14)16(15-10)11-6-3-5-9(13)7-11/h3,5-8H,2,4H2,1H3. The van der Waals surface area contributed by atoms with Gasteiger partial charge in [-0.05, 0) is 30.7 Å². The number of hydrogen-bond acceptors (Lipinski definition) is 1. The lowest BCUT2D eigenvalue weighted by Crippen LogP contribution is -1.97. The number of hydrogen-bond donors (Lipinski definition) is 0. The Morgan fingerprint density at radius 3 is 2.88 bits per heavy atom. The number of nitrogens with zero attached hydrogens (tertiary/aromatic N) is 2. The summed E-state index contributed by atoms with van der Waals surface area (Å²) in [7, 11) is 0. The molecule has 0 aliphatic carbocycles. The van der Waals surface area contributed by atoms with Gasteiger partial charge in [0.05, 0.1) is 11.4 Å². The van der Waals surface area contributed by atoms with Gasteiger partial charge in [-0.15, -0.1) is 0 Å².